The van der Waals surface area contributed by atoms with Crippen molar-refractivity contribution in [2.45, 2.75) is 71.6 Å². The van der Waals surface area contributed by atoms with Crippen LogP contribution >= 0.6 is 0 Å². The van der Waals surface area contributed by atoms with E-state index in [0.29, 0.717) is 0 Å². The van der Waals surface area contributed by atoms with Crippen LogP contribution in [0.3, 0.4) is 0 Å². The van der Waals surface area contributed by atoms with E-state index in [0.717, 1.165) is 25.4 Å². The largest absolute Gasteiger partial charge is 0.330 e. The SMILES string of the molecule is CCCCCCC(CCCC)CNCCCN. The van der Waals surface area contributed by atoms with Gasteiger partial charge in [0.1, 0.15) is 0 Å². The van der Waals surface area contributed by atoms with Crippen LogP contribution in [0.5, 0.6) is 0 Å². The van der Waals surface area contributed by atoms with Gasteiger partial charge in [-0.15, -0.1) is 0 Å². The second-order valence-electron chi connectivity index (χ2n) is 5.20. The van der Waals surface area contributed by atoms with Crippen molar-refractivity contribution < 1.29 is 0 Å². The maximum absolute atomic E-state index is 5.50. The van der Waals surface area contributed by atoms with Crippen LogP contribution < -0.4 is 11.1 Å². The number of nitrogens with two attached hydrogens (primary N) is 1. The molecule has 0 saturated carbocycles. The average Bonchev–Trinajstić information content (AvgIpc) is 2.35. The van der Waals surface area contributed by atoms with Crippen molar-refractivity contribution in [3.05, 3.63) is 0 Å². The summed E-state index contributed by atoms with van der Waals surface area (Å²) in [5.41, 5.74) is 5.50. The summed E-state index contributed by atoms with van der Waals surface area (Å²) in [6.45, 7) is 7.67. The lowest BCUT2D eigenvalue weighted by Gasteiger charge is -2.17. The second kappa shape index (κ2) is 14.0. The zero-order chi connectivity index (χ0) is 12.8. The highest BCUT2D eigenvalue weighted by molar-refractivity contribution is 4.63. The van der Waals surface area contributed by atoms with Gasteiger partial charge in [-0.25, -0.2) is 0 Å². The van der Waals surface area contributed by atoms with Crippen LogP contribution in [0.25, 0.3) is 0 Å². The van der Waals surface area contributed by atoms with Crippen LogP contribution in [0.1, 0.15) is 71.6 Å². The number of hydrogen-bond donors (Lipinski definition) is 2. The average molecular weight is 242 g/mol. The van der Waals surface area contributed by atoms with Gasteiger partial charge < -0.3 is 11.1 Å². The summed E-state index contributed by atoms with van der Waals surface area (Å²) in [5, 5.41) is 3.56. The summed E-state index contributed by atoms with van der Waals surface area (Å²) < 4.78 is 0. The van der Waals surface area contributed by atoms with Gasteiger partial charge in [0.2, 0.25) is 0 Å². The molecule has 104 valence electrons. The zero-order valence-corrected chi connectivity index (χ0v) is 12.1. The standard InChI is InChI=1S/C15H34N2/c1-3-5-7-8-11-15(10-6-4-2)14-17-13-9-12-16/h15,17H,3-14,16H2,1-2H3. The third-order valence-corrected chi connectivity index (χ3v) is 3.42. The molecule has 2 nitrogen and oxygen atoms in total. The fraction of sp³-hybridized carbons (Fsp3) is 1.00. The second-order valence-corrected chi connectivity index (χ2v) is 5.20. The summed E-state index contributed by atoms with van der Waals surface area (Å²) in [7, 11) is 0. The van der Waals surface area contributed by atoms with Crippen molar-refractivity contribution in [1.82, 2.24) is 5.32 Å². The quantitative estimate of drug-likeness (QED) is 0.483. The molecule has 0 saturated heterocycles. The Morgan fingerprint density at radius 2 is 1.59 bits per heavy atom. The predicted octanol–water partition coefficient (Wildman–Crippen LogP) is 3.70. The summed E-state index contributed by atoms with van der Waals surface area (Å²) >= 11 is 0. The topological polar surface area (TPSA) is 38.0 Å². The lowest BCUT2D eigenvalue weighted by Crippen LogP contribution is -2.25. The van der Waals surface area contributed by atoms with E-state index < -0.39 is 0 Å². The monoisotopic (exact) mass is 242 g/mol. The summed E-state index contributed by atoms with van der Waals surface area (Å²) in [4.78, 5) is 0. The molecule has 0 aliphatic heterocycles. The molecule has 0 fully saturated rings. The maximum Gasteiger partial charge on any atom is -0.00205 e. The lowest BCUT2D eigenvalue weighted by atomic mass is 9.95. The number of nitrogens with one attached hydrogen (secondary N) is 1. The Hall–Kier alpha value is -0.0800. The van der Waals surface area contributed by atoms with Crippen LogP contribution in [-0.2, 0) is 0 Å². The van der Waals surface area contributed by atoms with Crippen molar-refractivity contribution in [3.63, 3.8) is 0 Å². The van der Waals surface area contributed by atoms with Gasteiger partial charge in [0.25, 0.3) is 0 Å². The molecule has 0 spiro atoms. The van der Waals surface area contributed by atoms with Crippen LogP contribution in [0, 0.1) is 5.92 Å². The fourth-order valence-corrected chi connectivity index (χ4v) is 2.23. The van der Waals surface area contributed by atoms with Gasteiger partial charge in [-0.05, 0) is 44.8 Å². The van der Waals surface area contributed by atoms with E-state index in [1.807, 2.05) is 0 Å². The normalized spacial score (nSPS) is 12.9. The van der Waals surface area contributed by atoms with E-state index in [4.69, 9.17) is 5.73 Å². The number of hydrogen-bond acceptors (Lipinski definition) is 2. The third-order valence-electron chi connectivity index (χ3n) is 3.42. The molecule has 0 heterocycles. The van der Waals surface area contributed by atoms with E-state index in [1.54, 1.807) is 0 Å². The summed E-state index contributed by atoms with van der Waals surface area (Å²) in [6, 6.07) is 0. The van der Waals surface area contributed by atoms with Crippen LogP contribution in [-0.4, -0.2) is 19.6 Å². The molecular formula is C15H34N2. The van der Waals surface area contributed by atoms with Gasteiger partial charge in [0, 0.05) is 0 Å². The van der Waals surface area contributed by atoms with Crippen molar-refractivity contribution in [3.8, 4) is 0 Å². The first-order chi connectivity index (χ1) is 8.35. The smallest absolute Gasteiger partial charge is 0.00205 e. The lowest BCUT2D eigenvalue weighted by molar-refractivity contribution is 0.388. The van der Waals surface area contributed by atoms with Crippen molar-refractivity contribution in [1.29, 1.82) is 0 Å². The highest BCUT2D eigenvalue weighted by Gasteiger charge is 2.07. The van der Waals surface area contributed by atoms with Crippen LogP contribution in [0.4, 0.5) is 0 Å². The predicted molar refractivity (Wildman–Crippen MR) is 78.3 cm³/mol. The van der Waals surface area contributed by atoms with Gasteiger partial charge in [0.05, 0.1) is 0 Å². The molecule has 0 aliphatic rings. The maximum atomic E-state index is 5.50. The molecule has 0 aromatic carbocycles. The minimum atomic E-state index is 0.809. The van der Waals surface area contributed by atoms with Crippen molar-refractivity contribution in [2.24, 2.45) is 11.7 Å². The van der Waals surface area contributed by atoms with Gasteiger partial charge in [-0.1, -0.05) is 52.4 Å². The Bertz CT molecular complexity index is 125. The number of unbranched alkanes of at least 4 members (excludes halogenated alkanes) is 4. The van der Waals surface area contributed by atoms with Crippen molar-refractivity contribution in [2.75, 3.05) is 19.6 Å². The molecule has 17 heavy (non-hydrogen) atoms. The molecule has 2 heteroatoms. The highest BCUT2D eigenvalue weighted by atomic mass is 14.9. The Balaban J connectivity index is 3.56. The molecule has 0 rings (SSSR count). The van der Waals surface area contributed by atoms with E-state index in [2.05, 4.69) is 19.2 Å². The molecule has 1 unspecified atom stereocenters. The molecule has 0 bridgehead atoms. The Labute approximate surface area is 109 Å². The first-order valence-electron chi connectivity index (χ1n) is 7.75. The Morgan fingerprint density at radius 3 is 2.24 bits per heavy atom. The zero-order valence-electron chi connectivity index (χ0n) is 12.1. The molecule has 0 aromatic heterocycles. The van der Waals surface area contributed by atoms with E-state index in [1.165, 1.54) is 57.9 Å². The summed E-state index contributed by atoms with van der Waals surface area (Å²) in [5.74, 6) is 0.893. The molecule has 0 amide bonds. The summed E-state index contributed by atoms with van der Waals surface area (Å²) in [6.07, 6.45) is 12.2. The van der Waals surface area contributed by atoms with Crippen molar-refractivity contribution >= 4 is 0 Å². The Morgan fingerprint density at radius 1 is 0.882 bits per heavy atom. The molecule has 0 radical (unpaired) electrons. The van der Waals surface area contributed by atoms with E-state index >= 15 is 0 Å². The molecule has 0 aliphatic carbocycles. The third kappa shape index (κ3) is 12.2. The minimum absolute atomic E-state index is 0.809. The molecule has 0 aromatic rings. The molecular weight excluding hydrogens is 208 g/mol. The van der Waals surface area contributed by atoms with E-state index in [-0.39, 0.29) is 0 Å². The van der Waals surface area contributed by atoms with Gasteiger partial charge in [-0.2, -0.15) is 0 Å². The number of rotatable bonds is 13. The minimum Gasteiger partial charge on any atom is -0.330 e. The van der Waals surface area contributed by atoms with Gasteiger partial charge in [0.15, 0.2) is 0 Å². The first kappa shape index (κ1) is 16.9. The van der Waals surface area contributed by atoms with Gasteiger partial charge >= 0.3 is 0 Å². The molecule has 3 N–H and O–H groups in total. The fourth-order valence-electron chi connectivity index (χ4n) is 2.23. The van der Waals surface area contributed by atoms with Crippen LogP contribution in [0.15, 0.2) is 0 Å². The highest BCUT2D eigenvalue weighted by Crippen LogP contribution is 2.16. The Kier molecular flexibility index (Phi) is 13.9. The first-order valence-corrected chi connectivity index (χ1v) is 7.75. The van der Waals surface area contributed by atoms with E-state index in [9.17, 15) is 0 Å². The van der Waals surface area contributed by atoms with Gasteiger partial charge in [-0.3, -0.25) is 0 Å². The molecule has 1 atom stereocenters. The van der Waals surface area contributed by atoms with Crippen LogP contribution in [0.2, 0.25) is 0 Å².